The molecular formula is C18H20ClN3O3. The number of rotatable bonds is 4. The number of carboxylic acids is 1. The highest BCUT2D eigenvalue weighted by Gasteiger charge is 2.33. The third-order valence-electron chi connectivity index (χ3n) is 4.46. The maximum Gasteiger partial charge on any atom is 0.326 e. The fraction of sp³-hybridized carbons (Fsp3) is 0.389. The maximum atomic E-state index is 12.8. The van der Waals surface area contributed by atoms with Gasteiger partial charge in [-0.2, -0.15) is 5.10 Å². The number of aromatic nitrogens is 2. The fourth-order valence-electron chi connectivity index (χ4n) is 3.22. The zero-order valence-corrected chi connectivity index (χ0v) is 14.7. The monoisotopic (exact) mass is 361 g/mol. The van der Waals surface area contributed by atoms with Gasteiger partial charge in [0.2, 0.25) is 0 Å². The minimum Gasteiger partial charge on any atom is -0.480 e. The van der Waals surface area contributed by atoms with E-state index in [0.29, 0.717) is 35.8 Å². The van der Waals surface area contributed by atoms with E-state index in [1.165, 1.54) is 4.90 Å². The number of carbonyl (C=O) groups excluding carboxylic acids is 1. The summed E-state index contributed by atoms with van der Waals surface area (Å²) in [6.07, 6.45) is 3.84. The number of piperidine rings is 1. The molecular weight excluding hydrogens is 342 g/mol. The number of halogens is 1. The van der Waals surface area contributed by atoms with Crippen LogP contribution in [0.4, 0.5) is 0 Å². The van der Waals surface area contributed by atoms with Crippen LogP contribution in [0, 0.1) is 6.92 Å². The van der Waals surface area contributed by atoms with Crippen molar-refractivity contribution in [3.63, 3.8) is 0 Å². The van der Waals surface area contributed by atoms with Crippen molar-refractivity contribution in [3.8, 4) is 0 Å². The van der Waals surface area contributed by atoms with Crippen LogP contribution in [0.5, 0.6) is 0 Å². The quantitative estimate of drug-likeness (QED) is 0.908. The Hall–Kier alpha value is -2.34. The first-order valence-electron chi connectivity index (χ1n) is 8.28. The first-order valence-corrected chi connectivity index (χ1v) is 8.66. The topological polar surface area (TPSA) is 75.4 Å². The molecule has 1 aromatic carbocycles. The Kier molecular flexibility index (Phi) is 5.08. The Morgan fingerprint density at radius 3 is 2.88 bits per heavy atom. The van der Waals surface area contributed by atoms with E-state index in [0.717, 1.165) is 18.4 Å². The number of hydrogen-bond donors (Lipinski definition) is 1. The van der Waals surface area contributed by atoms with E-state index in [2.05, 4.69) is 5.10 Å². The Morgan fingerprint density at radius 1 is 1.36 bits per heavy atom. The summed E-state index contributed by atoms with van der Waals surface area (Å²) >= 11 is 6.00. The predicted molar refractivity (Wildman–Crippen MR) is 93.8 cm³/mol. The standard InChI is InChI=1S/C18H20ClN3O3/c1-12-15(17(23)22-8-3-2-7-16(22)18(24)25)11-21(20-12)10-13-5-4-6-14(19)9-13/h4-6,9,11,16H,2-3,7-8,10H2,1H3,(H,24,25)/t16-/m0/s1. The Bertz CT molecular complexity index is 803. The maximum absolute atomic E-state index is 12.8. The molecule has 132 valence electrons. The van der Waals surface area contributed by atoms with Crippen molar-refractivity contribution < 1.29 is 14.7 Å². The number of hydrogen-bond acceptors (Lipinski definition) is 3. The first kappa shape index (κ1) is 17.5. The molecule has 2 heterocycles. The Labute approximate surface area is 151 Å². The molecule has 1 atom stereocenters. The van der Waals surface area contributed by atoms with Gasteiger partial charge in [-0.15, -0.1) is 0 Å². The van der Waals surface area contributed by atoms with Crippen molar-refractivity contribution in [2.75, 3.05) is 6.54 Å². The molecule has 1 saturated heterocycles. The van der Waals surface area contributed by atoms with Gasteiger partial charge in [-0.1, -0.05) is 23.7 Å². The van der Waals surface area contributed by atoms with Crippen molar-refractivity contribution in [2.45, 2.75) is 38.8 Å². The number of carboxylic acid groups (broad SMARTS) is 1. The van der Waals surface area contributed by atoms with Gasteiger partial charge in [0.1, 0.15) is 6.04 Å². The van der Waals surface area contributed by atoms with Crippen molar-refractivity contribution in [1.29, 1.82) is 0 Å². The number of aryl methyl sites for hydroxylation is 1. The zero-order valence-electron chi connectivity index (χ0n) is 14.0. The van der Waals surface area contributed by atoms with Crippen molar-refractivity contribution in [3.05, 3.63) is 52.3 Å². The number of nitrogens with zero attached hydrogens (tertiary/aromatic N) is 3. The molecule has 0 bridgehead atoms. The van der Waals surface area contributed by atoms with Crippen LogP contribution in [0.25, 0.3) is 0 Å². The third kappa shape index (κ3) is 3.85. The minimum atomic E-state index is -0.947. The van der Waals surface area contributed by atoms with E-state index >= 15 is 0 Å². The molecule has 0 spiro atoms. The van der Waals surface area contributed by atoms with E-state index in [1.807, 2.05) is 18.2 Å². The summed E-state index contributed by atoms with van der Waals surface area (Å²) in [4.78, 5) is 25.7. The molecule has 25 heavy (non-hydrogen) atoms. The summed E-state index contributed by atoms with van der Waals surface area (Å²) in [5.74, 6) is -1.21. The minimum absolute atomic E-state index is 0.262. The van der Waals surface area contributed by atoms with Crippen LogP contribution in [0.15, 0.2) is 30.5 Å². The number of amides is 1. The molecule has 1 amide bonds. The lowest BCUT2D eigenvalue weighted by Crippen LogP contribution is -2.48. The summed E-state index contributed by atoms with van der Waals surface area (Å²) in [5, 5.41) is 14.4. The lowest BCUT2D eigenvalue weighted by Gasteiger charge is -2.32. The van der Waals surface area contributed by atoms with Crippen LogP contribution in [0.2, 0.25) is 5.02 Å². The van der Waals surface area contributed by atoms with Gasteiger partial charge < -0.3 is 10.0 Å². The predicted octanol–water partition coefficient (Wildman–Crippen LogP) is 2.97. The van der Waals surface area contributed by atoms with Crippen LogP contribution >= 0.6 is 11.6 Å². The molecule has 1 aliphatic heterocycles. The Morgan fingerprint density at radius 2 is 2.16 bits per heavy atom. The van der Waals surface area contributed by atoms with Gasteiger partial charge in [-0.25, -0.2) is 4.79 Å². The van der Waals surface area contributed by atoms with Gasteiger partial charge in [0.15, 0.2) is 0 Å². The first-order chi connectivity index (χ1) is 12.0. The average molecular weight is 362 g/mol. The molecule has 0 unspecified atom stereocenters. The van der Waals surface area contributed by atoms with Crippen LogP contribution in [0.1, 0.15) is 40.9 Å². The molecule has 1 aromatic heterocycles. The second-order valence-corrected chi connectivity index (χ2v) is 6.74. The summed E-state index contributed by atoms with van der Waals surface area (Å²) in [5.41, 5.74) is 2.03. The summed E-state index contributed by atoms with van der Waals surface area (Å²) in [6.45, 7) is 2.73. The number of likely N-dealkylation sites (tertiary alicyclic amines) is 1. The van der Waals surface area contributed by atoms with Crippen LogP contribution in [0.3, 0.4) is 0 Å². The molecule has 0 saturated carbocycles. The summed E-state index contributed by atoms with van der Waals surface area (Å²) in [6, 6.07) is 6.71. The lowest BCUT2D eigenvalue weighted by molar-refractivity contribution is -0.143. The van der Waals surface area contributed by atoms with Crippen LogP contribution in [-0.4, -0.2) is 44.3 Å². The van der Waals surface area contributed by atoms with E-state index in [9.17, 15) is 14.7 Å². The van der Waals surface area contributed by atoms with Gasteiger partial charge in [0.05, 0.1) is 17.8 Å². The number of aliphatic carboxylic acids is 1. The third-order valence-corrected chi connectivity index (χ3v) is 4.69. The summed E-state index contributed by atoms with van der Waals surface area (Å²) in [7, 11) is 0. The number of carbonyl (C=O) groups is 2. The molecule has 0 aliphatic carbocycles. The van der Waals surface area contributed by atoms with Gasteiger partial charge in [-0.3, -0.25) is 9.48 Å². The van der Waals surface area contributed by atoms with Crippen LogP contribution < -0.4 is 0 Å². The second-order valence-electron chi connectivity index (χ2n) is 6.30. The van der Waals surface area contributed by atoms with Crippen molar-refractivity contribution in [2.24, 2.45) is 0 Å². The van der Waals surface area contributed by atoms with Gasteiger partial charge in [0.25, 0.3) is 5.91 Å². The highest BCUT2D eigenvalue weighted by Crippen LogP contribution is 2.21. The van der Waals surface area contributed by atoms with E-state index in [4.69, 9.17) is 11.6 Å². The normalized spacial score (nSPS) is 17.5. The van der Waals surface area contributed by atoms with Gasteiger partial charge in [0, 0.05) is 17.8 Å². The zero-order chi connectivity index (χ0) is 18.0. The molecule has 2 aromatic rings. The SMILES string of the molecule is Cc1nn(Cc2cccc(Cl)c2)cc1C(=O)N1CCCC[C@H]1C(=O)O. The number of benzene rings is 1. The average Bonchev–Trinajstić information content (AvgIpc) is 2.94. The smallest absolute Gasteiger partial charge is 0.326 e. The Balaban J connectivity index is 1.81. The molecule has 7 heteroatoms. The second kappa shape index (κ2) is 7.27. The molecule has 6 nitrogen and oxygen atoms in total. The highest BCUT2D eigenvalue weighted by molar-refractivity contribution is 6.30. The van der Waals surface area contributed by atoms with E-state index in [-0.39, 0.29) is 5.91 Å². The highest BCUT2D eigenvalue weighted by atomic mass is 35.5. The van der Waals surface area contributed by atoms with Gasteiger partial charge >= 0.3 is 5.97 Å². The molecule has 1 aliphatic rings. The molecule has 1 N–H and O–H groups in total. The molecule has 1 fully saturated rings. The largest absolute Gasteiger partial charge is 0.480 e. The summed E-state index contributed by atoms with van der Waals surface area (Å²) < 4.78 is 1.69. The van der Waals surface area contributed by atoms with Crippen molar-refractivity contribution >= 4 is 23.5 Å². The van der Waals surface area contributed by atoms with Crippen molar-refractivity contribution in [1.82, 2.24) is 14.7 Å². The molecule has 3 rings (SSSR count). The van der Waals surface area contributed by atoms with Gasteiger partial charge in [-0.05, 0) is 43.9 Å². The van der Waals surface area contributed by atoms with E-state index in [1.54, 1.807) is 23.9 Å². The van der Waals surface area contributed by atoms with E-state index < -0.39 is 12.0 Å². The fourth-order valence-corrected chi connectivity index (χ4v) is 3.43. The lowest BCUT2D eigenvalue weighted by atomic mass is 10.0. The molecule has 0 radical (unpaired) electrons. The van der Waals surface area contributed by atoms with Crippen LogP contribution in [-0.2, 0) is 11.3 Å².